The minimum Gasteiger partial charge on any atom is -0.449 e. The van der Waals surface area contributed by atoms with E-state index in [-0.39, 0.29) is 19.7 Å². The van der Waals surface area contributed by atoms with Crippen molar-refractivity contribution < 1.29 is 17.9 Å². The van der Waals surface area contributed by atoms with Gasteiger partial charge in [-0.1, -0.05) is 6.92 Å². The van der Waals surface area contributed by atoms with Crippen LogP contribution in [0.15, 0.2) is 0 Å². The highest BCUT2D eigenvalue weighted by molar-refractivity contribution is 7.87. The second-order valence-corrected chi connectivity index (χ2v) is 4.08. The van der Waals surface area contributed by atoms with Crippen LogP contribution in [0, 0.1) is 11.3 Å². The summed E-state index contributed by atoms with van der Waals surface area (Å²) in [6, 6.07) is 1.68. The zero-order chi connectivity index (χ0) is 11.9. The zero-order valence-corrected chi connectivity index (χ0v) is 9.37. The van der Waals surface area contributed by atoms with Crippen molar-refractivity contribution in [2.24, 2.45) is 0 Å². The number of amides is 1. The largest absolute Gasteiger partial charge is 0.449 e. The van der Waals surface area contributed by atoms with Crippen LogP contribution in [0.5, 0.6) is 0 Å². The Morgan fingerprint density at radius 2 is 2.13 bits per heavy atom. The molecule has 0 bridgehead atoms. The highest BCUT2D eigenvalue weighted by atomic mass is 32.2. The van der Waals surface area contributed by atoms with Crippen molar-refractivity contribution in [3.05, 3.63) is 0 Å². The highest BCUT2D eigenvalue weighted by Gasteiger charge is 2.22. The summed E-state index contributed by atoms with van der Waals surface area (Å²) < 4.78 is 29.7. The molecule has 0 radical (unpaired) electrons. The number of nitrogens with zero attached hydrogens (tertiary/aromatic N) is 2. The van der Waals surface area contributed by atoms with Crippen LogP contribution in [0.1, 0.15) is 13.8 Å². The molecule has 0 aromatic rings. The Balaban J connectivity index is 4.53. The summed E-state index contributed by atoms with van der Waals surface area (Å²) in [4.78, 5) is 10.9. The lowest BCUT2D eigenvalue weighted by molar-refractivity contribution is 0.158. The van der Waals surface area contributed by atoms with Gasteiger partial charge in [-0.3, -0.25) is 0 Å². The minimum absolute atomic E-state index is 0.0751. The van der Waals surface area contributed by atoms with Gasteiger partial charge < -0.3 is 4.74 Å². The first-order chi connectivity index (χ1) is 6.97. The van der Waals surface area contributed by atoms with Gasteiger partial charge in [0.15, 0.2) is 0 Å². The molecule has 0 fully saturated rings. The van der Waals surface area contributed by atoms with Gasteiger partial charge in [-0.2, -0.15) is 18.0 Å². The zero-order valence-electron chi connectivity index (χ0n) is 8.56. The molecule has 0 unspecified atom stereocenters. The third-order valence-electron chi connectivity index (χ3n) is 1.43. The van der Waals surface area contributed by atoms with Crippen LogP contribution >= 0.6 is 0 Å². The van der Waals surface area contributed by atoms with Gasteiger partial charge in [0, 0.05) is 6.54 Å². The van der Waals surface area contributed by atoms with E-state index < -0.39 is 16.3 Å². The summed E-state index contributed by atoms with van der Waals surface area (Å²) in [6.45, 7) is 2.97. The predicted octanol–water partition coefficient (Wildman–Crippen LogP) is -0.177. The van der Waals surface area contributed by atoms with Gasteiger partial charge in [-0.05, 0) is 6.92 Å². The standard InChI is InChI=1S/C7H13N3O4S/c1-3-10(6-5-8)15(12,13)9-7(11)14-4-2/h3-4,6H2,1-2H3,(H,9,11). The summed E-state index contributed by atoms with van der Waals surface area (Å²) in [7, 11) is -3.97. The minimum atomic E-state index is -3.97. The number of nitriles is 1. The molecule has 0 aliphatic rings. The topological polar surface area (TPSA) is 99.5 Å². The molecule has 86 valence electrons. The van der Waals surface area contributed by atoms with E-state index in [1.807, 2.05) is 0 Å². The molecular weight excluding hydrogens is 222 g/mol. The van der Waals surface area contributed by atoms with E-state index in [4.69, 9.17) is 5.26 Å². The summed E-state index contributed by atoms with van der Waals surface area (Å²) in [5, 5.41) is 8.37. The maximum Gasteiger partial charge on any atom is 0.421 e. The van der Waals surface area contributed by atoms with E-state index in [2.05, 4.69) is 4.74 Å². The maximum atomic E-state index is 11.4. The summed E-state index contributed by atoms with van der Waals surface area (Å²) in [6.07, 6.45) is -1.05. The molecule has 0 aliphatic heterocycles. The van der Waals surface area contributed by atoms with E-state index in [1.54, 1.807) is 24.6 Å². The van der Waals surface area contributed by atoms with Gasteiger partial charge >= 0.3 is 16.3 Å². The van der Waals surface area contributed by atoms with Crippen molar-refractivity contribution in [1.82, 2.24) is 9.03 Å². The molecule has 0 saturated heterocycles. The molecular formula is C7H13N3O4S. The van der Waals surface area contributed by atoms with E-state index in [1.165, 1.54) is 0 Å². The van der Waals surface area contributed by atoms with E-state index in [0.29, 0.717) is 0 Å². The van der Waals surface area contributed by atoms with Crippen LogP contribution in [-0.2, 0) is 14.9 Å². The Kier molecular flexibility index (Phi) is 5.66. The molecule has 15 heavy (non-hydrogen) atoms. The molecule has 0 rings (SSSR count). The van der Waals surface area contributed by atoms with Crippen molar-refractivity contribution in [1.29, 1.82) is 5.26 Å². The quantitative estimate of drug-likeness (QED) is 0.666. The van der Waals surface area contributed by atoms with Gasteiger partial charge in [0.05, 0.1) is 12.7 Å². The molecule has 0 heterocycles. The van der Waals surface area contributed by atoms with Crippen LogP contribution in [0.3, 0.4) is 0 Å². The van der Waals surface area contributed by atoms with Crippen LogP contribution in [0.2, 0.25) is 0 Å². The molecule has 0 aromatic carbocycles. The lowest BCUT2D eigenvalue weighted by Crippen LogP contribution is -2.43. The van der Waals surface area contributed by atoms with Crippen LogP contribution in [0.25, 0.3) is 0 Å². The van der Waals surface area contributed by atoms with Gasteiger partial charge in [0.1, 0.15) is 6.54 Å². The molecule has 1 N–H and O–H groups in total. The van der Waals surface area contributed by atoms with Crippen molar-refractivity contribution in [2.75, 3.05) is 19.7 Å². The molecule has 0 aliphatic carbocycles. The summed E-state index contributed by atoms with van der Waals surface area (Å²) in [5.74, 6) is 0. The SMILES string of the molecule is CCOC(=O)NS(=O)(=O)N(CC)CC#N. The fourth-order valence-electron chi connectivity index (χ4n) is 0.776. The fourth-order valence-corrected chi connectivity index (χ4v) is 1.74. The monoisotopic (exact) mass is 235 g/mol. The van der Waals surface area contributed by atoms with E-state index >= 15 is 0 Å². The Morgan fingerprint density at radius 1 is 1.53 bits per heavy atom. The number of hydrogen-bond acceptors (Lipinski definition) is 5. The molecule has 0 saturated carbocycles. The number of carbonyl (C=O) groups is 1. The highest BCUT2D eigenvalue weighted by Crippen LogP contribution is 1.96. The van der Waals surface area contributed by atoms with E-state index in [0.717, 1.165) is 4.31 Å². The number of hydrogen-bond donors (Lipinski definition) is 1. The Hall–Kier alpha value is -1.33. The second kappa shape index (κ2) is 6.21. The van der Waals surface area contributed by atoms with E-state index in [9.17, 15) is 13.2 Å². The van der Waals surface area contributed by atoms with Gasteiger partial charge in [-0.25, -0.2) is 9.52 Å². The lowest BCUT2D eigenvalue weighted by atomic mass is 10.6. The number of carbonyl (C=O) groups excluding carboxylic acids is 1. The Bertz CT molecular complexity index is 346. The molecule has 0 spiro atoms. The van der Waals surface area contributed by atoms with Crippen LogP contribution in [0.4, 0.5) is 4.79 Å². The van der Waals surface area contributed by atoms with Crippen molar-refractivity contribution in [3.8, 4) is 6.07 Å². The van der Waals surface area contributed by atoms with Gasteiger partial charge in [-0.15, -0.1) is 0 Å². The van der Waals surface area contributed by atoms with Gasteiger partial charge in [0.2, 0.25) is 0 Å². The number of nitrogens with one attached hydrogen (secondary N) is 1. The van der Waals surface area contributed by atoms with Crippen LogP contribution in [-0.4, -0.2) is 38.5 Å². The van der Waals surface area contributed by atoms with Crippen molar-refractivity contribution in [3.63, 3.8) is 0 Å². The average molecular weight is 235 g/mol. The first-order valence-electron chi connectivity index (χ1n) is 4.29. The molecule has 0 atom stereocenters. The Morgan fingerprint density at radius 3 is 2.53 bits per heavy atom. The first-order valence-corrected chi connectivity index (χ1v) is 5.73. The van der Waals surface area contributed by atoms with Crippen LogP contribution < -0.4 is 4.72 Å². The summed E-state index contributed by atoms with van der Waals surface area (Å²) in [5.41, 5.74) is 0. The lowest BCUT2D eigenvalue weighted by Gasteiger charge is -2.16. The second-order valence-electron chi connectivity index (χ2n) is 2.41. The fraction of sp³-hybridized carbons (Fsp3) is 0.714. The van der Waals surface area contributed by atoms with Crippen molar-refractivity contribution in [2.45, 2.75) is 13.8 Å². The maximum absolute atomic E-state index is 11.4. The molecule has 8 heteroatoms. The predicted molar refractivity (Wildman–Crippen MR) is 51.9 cm³/mol. The molecule has 7 nitrogen and oxygen atoms in total. The first kappa shape index (κ1) is 13.7. The number of rotatable bonds is 5. The third-order valence-corrected chi connectivity index (χ3v) is 2.92. The Labute approximate surface area is 88.8 Å². The van der Waals surface area contributed by atoms with Crippen molar-refractivity contribution >= 4 is 16.3 Å². The smallest absolute Gasteiger partial charge is 0.421 e. The summed E-state index contributed by atoms with van der Waals surface area (Å²) >= 11 is 0. The van der Waals surface area contributed by atoms with Gasteiger partial charge in [0.25, 0.3) is 0 Å². The third kappa shape index (κ3) is 4.62. The normalized spacial score (nSPS) is 10.8. The average Bonchev–Trinajstić information content (AvgIpc) is 2.13. The molecule has 1 amide bonds. The number of ether oxygens (including phenoxy) is 1. The molecule has 0 aromatic heterocycles.